The molecule has 2 heterocycles. The summed E-state index contributed by atoms with van der Waals surface area (Å²) >= 11 is 0. The Bertz CT molecular complexity index is 1380. The summed E-state index contributed by atoms with van der Waals surface area (Å²) in [4.78, 5) is 5.13. The highest BCUT2D eigenvalue weighted by atomic mass is 32.2. The summed E-state index contributed by atoms with van der Waals surface area (Å²) in [5.74, 6) is 2.68. The van der Waals surface area contributed by atoms with Gasteiger partial charge in [-0.3, -0.25) is 0 Å². The van der Waals surface area contributed by atoms with Crippen molar-refractivity contribution in [3.05, 3.63) is 84.7 Å². The van der Waals surface area contributed by atoms with Crippen LogP contribution in [-0.2, 0) is 23.2 Å². The van der Waals surface area contributed by atoms with E-state index in [0.29, 0.717) is 36.3 Å². The monoisotopic (exact) mass is 491 g/mol. The Balaban J connectivity index is 1.28. The number of para-hydroxylation sites is 3. The molecule has 0 N–H and O–H groups in total. The third-order valence-electron chi connectivity index (χ3n) is 6.56. The van der Waals surface area contributed by atoms with Crippen molar-refractivity contribution < 1.29 is 17.9 Å². The van der Waals surface area contributed by atoms with E-state index in [2.05, 4.69) is 10.6 Å². The quantitative estimate of drug-likeness (QED) is 0.356. The molecule has 1 aromatic heterocycles. The molecule has 0 spiro atoms. The van der Waals surface area contributed by atoms with Crippen LogP contribution >= 0.6 is 0 Å². The second-order valence-corrected chi connectivity index (χ2v) is 10.7. The van der Waals surface area contributed by atoms with E-state index >= 15 is 0 Å². The van der Waals surface area contributed by atoms with Gasteiger partial charge in [-0.2, -0.15) is 4.31 Å². The molecule has 1 aliphatic heterocycles. The molecule has 1 fully saturated rings. The van der Waals surface area contributed by atoms with E-state index in [-0.39, 0.29) is 0 Å². The van der Waals surface area contributed by atoms with Crippen LogP contribution in [0.25, 0.3) is 11.0 Å². The van der Waals surface area contributed by atoms with Crippen molar-refractivity contribution in [2.24, 2.45) is 5.92 Å². The third-order valence-corrected chi connectivity index (χ3v) is 8.47. The molecule has 8 heteroatoms. The van der Waals surface area contributed by atoms with Gasteiger partial charge in [0.15, 0.2) is 0 Å². The molecule has 0 unspecified atom stereocenters. The molecule has 0 amide bonds. The molecule has 0 radical (unpaired) electrons. The molecular formula is C27H29N3O4S. The number of rotatable bonds is 8. The van der Waals surface area contributed by atoms with Gasteiger partial charge in [-0.1, -0.05) is 30.3 Å². The fourth-order valence-electron chi connectivity index (χ4n) is 4.59. The standard InChI is InChI=1S/C27H29N3O4S/c1-33-22-11-13-24(14-12-22)35(31,32)29-17-15-21(16-18-29)19-30-26-10-6-5-9-25(26)28-27(30)20-34-23-7-3-2-4-8-23/h2-14,21H,15-20H2,1H3. The number of nitrogens with zero attached hydrogens (tertiary/aromatic N) is 3. The molecule has 1 aliphatic rings. The molecule has 1 saturated heterocycles. The number of methoxy groups -OCH3 is 1. The number of ether oxygens (including phenoxy) is 2. The van der Waals surface area contributed by atoms with Crippen LogP contribution in [0, 0.1) is 5.92 Å². The number of hydrogen-bond donors (Lipinski definition) is 0. The Morgan fingerprint density at radius 1 is 0.886 bits per heavy atom. The summed E-state index contributed by atoms with van der Waals surface area (Å²) in [5, 5.41) is 0. The van der Waals surface area contributed by atoms with E-state index in [9.17, 15) is 8.42 Å². The number of aromatic nitrogens is 2. The lowest BCUT2D eigenvalue weighted by Crippen LogP contribution is -2.39. The van der Waals surface area contributed by atoms with Crippen LogP contribution in [0.3, 0.4) is 0 Å². The average Bonchev–Trinajstić information content (AvgIpc) is 3.25. The zero-order valence-corrected chi connectivity index (χ0v) is 20.5. The molecule has 3 aromatic carbocycles. The van der Waals surface area contributed by atoms with Crippen molar-refractivity contribution >= 4 is 21.1 Å². The lowest BCUT2D eigenvalue weighted by molar-refractivity contribution is 0.244. The van der Waals surface area contributed by atoms with Crippen LogP contribution in [0.15, 0.2) is 83.8 Å². The predicted octanol–water partition coefficient (Wildman–Crippen LogP) is 4.72. The lowest BCUT2D eigenvalue weighted by atomic mass is 9.98. The van der Waals surface area contributed by atoms with Crippen LogP contribution in [0.5, 0.6) is 11.5 Å². The van der Waals surface area contributed by atoms with Crippen LogP contribution in [0.4, 0.5) is 0 Å². The van der Waals surface area contributed by atoms with E-state index in [1.54, 1.807) is 35.7 Å². The minimum Gasteiger partial charge on any atom is -0.497 e. The zero-order valence-electron chi connectivity index (χ0n) is 19.7. The molecule has 35 heavy (non-hydrogen) atoms. The Kier molecular flexibility index (Phi) is 6.74. The molecule has 0 aliphatic carbocycles. The average molecular weight is 492 g/mol. The molecule has 0 bridgehead atoms. The molecular weight excluding hydrogens is 462 g/mol. The minimum absolute atomic E-state index is 0.303. The first kappa shape index (κ1) is 23.4. The number of sulfonamides is 1. The number of fused-ring (bicyclic) bond motifs is 1. The van der Waals surface area contributed by atoms with Crippen molar-refractivity contribution in [1.29, 1.82) is 0 Å². The second kappa shape index (κ2) is 10.1. The first-order valence-electron chi connectivity index (χ1n) is 11.8. The van der Waals surface area contributed by atoms with Gasteiger partial charge in [0.05, 0.1) is 23.0 Å². The summed E-state index contributed by atoms with van der Waals surface area (Å²) in [5.41, 5.74) is 2.02. The van der Waals surface area contributed by atoms with Crippen molar-refractivity contribution in [3.8, 4) is 11.5 Å². The maximum absolute atomic E-state index is 13.1. The second-order valence-electron chi connectivity index (χ2n) is 8.75. The van der Waals surface area contributed by atoms with Crippen molar-refractivity contribution in [2.45, 2.75) is 30.9 Å². The van der Waals surface area contributed by atoms with Crippen molar-refractivity contribution in [2.75, 3.05) is 20.2 Å². The summed E-state index contributed by atoms with van der Waals surface area (Å²) in [6.07, 6.45) is 1.59. The van der Waals surface area contributed by atoms with Gasteiger partial charge >= 0.3 is 0 Å². The Morgan fingerprint density at radius 3 is 2.29 bits per heavy atom. The van der Waals surface area contributed by atoms with E-state index < -0.39 is 10.0 Å². The van der Waals surface area contributed by atoms with Crippen molar-refractivity contribution in [3.63, 3.8) is 0 Å². The third kappa shape index (κ3) is 5.04. The van der Waals surface area contributed by atoms with Crippen LogP contribution in [-0.4, -0.2) is 42.5 Å². The predicted molar refractivity (Wildman–Crippen MR) is 135 cm³/mol. The van der Waals surface area contributed by atoms with Gasteiger partial charge in [0.2, 0.25) is 10.0 Å². The topological polar surface area (TPSA) is 73.7 Å². The van der Waals surface area contributed by atoms with E-state index in [1.165, 1.54) is 0 Å². The molecule has 182 valence electrons. The highest BCUT2D eigenvalue weighted by Gasteiger charge is 2.30. The van der Waals surface area contributed by atoms with Gasteiger partial charge in [0.25, 0.3) is 0 Å². The van der Waals surface area contributed by atoms with Crippen LogP contribution < -0.4 is 9.47 Å². The number of hydrogen-bond acceptors (Lipinski definition) is 5. The number of imidazole rings is 1. The van der Waals surface area contributed by atoms with E-state index in [0.717, 1.165) is 42.0 Å². The Labute approximate surface area is 206 Å². The van der Waals surface area contributed by atoms with E-state index in [1.807, 2.05) is 48.5 Å². The summed E-state index contributed by atoms with van der Waals surface area (Å²) in [6, 6.07) is 24.4. The van der Waals surface area contributed by atoms with Gasteiger partial charge < -0.3 is 14.0 Å². The summed E-state index contributed by atoms with van der Waals surface area (Å²) in [7, 11) is -1.95. The van der Waals surface area contributed by atoms with Gasteiger partial charge in [0, 0.05) is 19.6 Å². The maximum Gasteiger partial charge on any atom is 0.243 e. The normalized spacial score (nSPS) is 15.3. The van der Waals surface area contributed by atoms with Crippen molar-refractivity contribution in [1.82, 2.24) is 13.9 Å². The lowest BCUT2D eigenvalue weighted by Gasteiger charge is -2.31. The smallest absolute Gasteiger partial charge is 0.243 e. The Hall–Kier alpha value is -3.36. The first-order valence-corrected chi connectivity index (χ1v) is 13.2. The summed E-state index contributed by atoms with van der Waals surface area (Å²) < 4.78 is 41.2. The molecule has 0 atom stereocenters. The summed E-state index contributed by atoms with van der Waals surface area (Å²) in [6.45, 7) is 2.16. The SMILES string of the molecule is COc1ccc(S(=O)(=O)N2CCC(Cn3c(COc4ccccc4)nc4ccccc43)CC2)cc1. The highest BCUT2D eigenvalue weighted by Crippen LogP contribution is 2.28. The Morgan fingerprint density at radius 2 is 1.57 bits per heavy atom. The molecule has 0 saturated carbocycles. The molecule has 5 rings (SSSR count). The largest absolute Gasteiger partial charge is 0.497 e. The number of piperidine rings is 1. The van der Waals surface area contributed by atoms with Gasteiger partial charge in [0.1, 0.15) is 23.9 Å². The fraction of sp³-hybridized carbons (Fsp3) is 0.296. The van der Waals surface area contributed by atoms with Gasteiger partial charge in [-0.15, -0.1) is 0 Å². The first-order chi connectivity index (χ1) is 17.0. The minimum atomic E-state index is -3.52. The van der Waals surface area contributed by atoms with E-state index in [4.69, 9.17) is 14.5 Å². The van der Waals surface area contributed by atoms with Crippen LogP contribution in [0.2, 0.25) is 0 Å². The zero-order chi connectivity index (χ0) is 24.3. The molecule has 7 nitrogen and oxygen atoms in total. The van der Waals surface area contributed by atoms with Gasteiger partial charge in [-0.25, -0.2) is 13.4 Å². The van der Waals surface area contributed by atoms with Crippen LogP contribution in [0.1, 0.15) is 18.7 Å². The number of benzene rings is 3. The highest BCUT2D eigenvalue weighted by molar-refractivity contribution is 7.89. The maximum atomic E-state index is 13.1. The fourth-order valence-corrected chi connectivity index (χ4v) is 6.06. The van der Waals surface area contributed by atoms with Gasteiger partial charge in [-0.05, 0) is 67.3 Å². The molecule has 4 aromatic rings.